The van der Waals surface area contributed by atoms with Gasteiger partial charge in [-0.25, -0.2) is 0 Å². The zero-order valence-corrected chi connectivity index (χ0v) is 18.9. The first-order valence-corrected chi connectivity index (χ1v) is 10.5. The van der Waals surface area contributed by atoms with Crippen LogP contribution in [0.15, 0.2) is 24.7 Å². The van der Waals surface area contributed by atoms with E-state index < -0.39 is 0 Å². The number of aromatic nitrogens is 4. The van der Waals surface area contributed by atoms with E-state index in [9.17, 15) is 0 Å². The molecule has 0 spiro atoms. The summed E-state index contributed by atoms with van der Waals surface area (Å²) in [7, 11) is 0. The molecule has 1 aliphatic rings. The predicted octanol–water partition coefficient (Wildman–Crippen LogP) is 5.65. The van der Waals surface area contributed by atoms with Crippen LogP contribution in [0.25, 0.3) is 0 Å². The van der Waals surface area contributed by atoms with Gasteiger partial charge in [-0.3, -0.25) is 9.97 Å². The van der Waals surface area contributed by atoms with Gasteiger partial charge < -0.3 is 0 Å². The zero-order chi connectivity index (χ0) is 20.8. The maximum absolute atomic E-state index is 5.02. The molecule has 0 aromatic carbocycles. The van der Waals surface area contributed by atoms with Crippen LogP contribution in [0.2, 0.25) is 0 Å². The summed E-state index contributed by atoms with van der Waals surface area (Å²) >= 11 is 0. The number of hydrogen-bond donors (Lipinski definition) is 0. The van der Waals surface area contributed by atoms with Crippen LogP contribution in [-0.4, -0.2) is 20.2 Å². The van der Waals surface area contributed by atoms with Gasteiger partial charge in [0, 0.05) is 28.6 Å². The van der Waals surface area contributed by atoms with Gasteiger partial charge in [0.05, 0.1) is 23.3 Å². The van der Waals surface area contributed by atoms with Crippen molar-refractivity contribution < 1.29 is 0 Å². The average Bonchev–Trinajstić information content (AvgIpc) is 2.63. The summed E-state index contributed by atoms with van der Waals surface area (Å²) in [6, 6.07) is 2.27. The van der Waals surface area contributed by atoms with Crippen LogP contribution in [0.5, 0.6) is 0 Å². The maximum atomic E-state index is 5.02. The van der Waals surface area contributed by atoms with Gasteiger partial charge >= 0.3 is 0 Å². The molecule has 0 radical (unpaired) electrons. The van der Waals surface area contributed by atoms with Crippen LogP contribution in [0, 0.1) is 0 Å². The van der Waals surface area contributed by atoms with Crippen molar-refractivity contribution in [3.8, 4) is 0 Å². The highest BCUT2D eigenvalue weighted by Crippen LogP contribution is 2.47. The Morgan fingerprint density at radius 2 is 1.32 bits per heavy atom. The van der Waals surface area contributed by atoms with Crippen molar-refractivity contribution in [3.63, 3.8) is 0 Å². The molecule has 0 unspecified atom stereocenters. The van der Waals surface area contributed by atoms with Crippen molar-refractivity contribution in [2.45, 2.75) is 103 Å². The summed E-state index contributed by atoms with van der Waals surface area (Å²) in [5, 5.41) is 8.87. The topological polar surface area (TPSA) is 51.6 Å². The smallest absolute Gasteiger partial charge is 0.0692 e. The molecule has 0 bridgehead atoms. The average molecular weight is 381 g/mol. The Labute approximate surface area is 170 Å². The van der Waals surface area contributed by atoms with E-state index in [1.165, 1.54) is 5.56 Å². The van der Waals surface area contributed by atoms with Crippen molar-refractivity contribution in [2.75, 3.05) is 0 Å². The number of rotatable bonds is 2. The Hall–Kier alpha value is -1.84. The first-order chi connectivity index (χ1) is 12.8. The highest BCUT2D eigenvalue weighted by molar-refractivity contribution is 5.27. The molecule has 2 heterocycles. The second-order valence-electron chi connectivity index (χ2n) is 11.2. The summed E-state index contributed by atoms with van der Waals surface area (Å²) in [6.45, 7) is 18.0. The maximum Gasteiger partial charge on any atom is 0.0692 e. The van der Waals surface area contributed by atoms with Crippen LogP contribution in [0.4, 0.5) is 0 Å². The Kier molecular flexibility index (Phi) is 5.14. The van der Waals surface area contributed by atoms with Crippen molar-refractivity contribution >= 4 is 0 Å². The van der Waals surface area contributed by atoms with E-state index in [1.54, 1.807) is 0 Å². The molecular weight excluding hydrogens is 344 g/mol. The molecule has 0 N–H and O–H groups in total. The van der Waals surface area contributed by atoms with E-state index >= 15 is 0 Å². The molecule has 1 aliphatic carbocycles. The molecule has 0 aliphatic heterocycles. The van der Waals surface area contributed by atoms with Crippen molar-refractivity contribution in [1.29, 1.82) is 0 Å². The molecule has 1 fully saturated rings. The van der Waals surface area contributed by atoms with Gasteiger partial charge in [-0.05, 0) is 42.7 Å². The molecule has 28 heavy (non-hydrogen) atoms. The molecular formula is C24H36N4. The summed E-state index contributed by atoms with van der Waals surface area (Å²) < 4.78 is 0. The van der Waals surface area contributed by atoms with E-state index in [0.29, 0.717) is 0 Å². The summed E-state index contributed by atoms with van der Waals surface area (Å²) in [5.74, 6) is 0. The van der Waals surface area contributed by atoms with Crippen LogP contribution in [-0.2, 0) is 21.7 Å². The fourth-order valence-electron chi connectivity index (χ4n) is 3.96. The zero-order valence-electron chi connectivity index (χ0n) is 18.9. The molecule has 0 atom stereocenters. The van der Waals surface area contributed by atoms with Crippen LogP contribution >= 0.6 is 0 Å². The highest BCUT2D eigenvalue weighted by Gasteiger charge is 2.42. The molecule has 0 amide bonds. The minimum atomic E-state index is 0.0194. The van der Waals surface area contributed by atoms with E-state index in [0.717, 1.165) is 42.8 Å². The number of nitrogens with zero attached hydrogens (tertiary/aromatic N) is 4. The fraction of sp³-hybridized carbons (Fsp3) is 0.667. The van der Waals surface area contributed by atoms with Crippen LogP contribution in [0.1, 0.15) is 104 Å². The van der Waals surface area contributed by atoms with Crippen molar-refractivity contribution in [2.24, 2.45) is 0 Å². The standard InChI is InChI=1S/C24H36N4/c1-21(2,3)17-13-18(28-26-14-17)23(7)9-11-24(8,12-10-23)20-16-25-15-19(27-20)22(4,5)6/h13-16H,9-12H2,1-8H3. The van der Waals surface area contributed by atoms with E-state index in [2.05, 4.69) is 76.6 Å². The summed E-state index contributed by atoms with van der Waals surface area (Å²) in [5.41, 5.74) is 4.86. The minimum absolute atomic E-state index is 0.0194. The Morgan fingerprint density at radius 1 is 0.750 bits per heavy atom. The Bertz CT molecular complexity index is 763. The largest absolute Gasteiger partial charge is 0.261 e. The quantitative estimate of drug-likeness (QED) is 0.675. The van der Waals surface area contributed by atoms with Gasteiger partial charge in [0.15, 0.2) is 0 Å². The van der Waals surface area contributed by atoms with Crippen molar-refractivity contribution in [1.82, 2.24) is 20.2 Å². The third kappa shape index (κ3) is 4.11. The molecule has 152 valence electrons. The molecule has 2 aromatic heterocycles. The van der Waals surface area contributed by atoms with Crippen LogP contribution < -0.4 is 0 Å². The Morgan fingerprint density at radius 3 is 1.86 bits per heavy atom. The Balaban J connectivity index is 1.84. The van der Waals surface area contributed by atoms with Gasteiger partial charge in [-0.1, -0.05) is 55.4 Å². The molecule has 4 nitrogen and oxygen atoms in total. The molecule has 4 heteroatoms. The molecule has 1 saturated carbocycles. The number of hydrogen-bond acceptors (Lipinski definition) is 4. The van der Waals surface area contributed by atoms with E-state index in [4.69, 9.17) is 4.98 Å². The van der Waals surface area contributed by atoms with Crippen LogP contribution in [0.3, 0.4) is 0 Å². The van der Waals surface area contributed by atoms with Gasteiger partial charge in [-0.15, -0.1) is 0 Å². The first-order valence-electron chi connectivity index (χ1n) is 10.5. The first kappa shape index (κ1) is 20.9. The third-order valence-electron chi connectivity index (χ3n) is 6.62. The highest BCUT2D eigenvalue weighted by atomic mass is 15.1. The third-order valence-corrected chi connectivity index (χ3v) is 6.62. The fourth-order valence-corrected chi connectivity index (χ4v) is 3.96. The van der Waals surface area contributed by atoms with Gasteiger partial charge in [0.1, 0.15) is 0 Å². The van der Waals surface area contributed by atoms with Gasteiger partial charge in [0.25, 0.3) is 0 Å². The molecule has 0 saturated heterocycles. The molecule has 3 rings (SSSR count). The van der Waals surface area contributed by atoms with Crippen molar-refractivity contribution in [3.05, 3.63) is 47.3 Å². The van der Waals surface area contributed by atoms with E-state index in [-0.39, 0.29) is 21.7 Å². The SMILES string of the molecule is CC(C)(C)c1cnnc(C2(C)CCC(C)(c3cncc(C(C)(C)C)n3)CC2)c1. The lowest BCUT2D eigenvalue weighted by Gasteiger charge is -2.42. The summed E-state index contributed by atoms with van der Waals surface area (Å²) in [6.07, 6.45) is 10.2. The van der Waals surface area contributed by atoms with Gasteiger partial charge in [-0.2, -0.15) is 10.2 Å². The second-order valence-corrected chi connectivity index (χ2v) is 11.2. The van der Waals surface area contributed by atoms with E-state index in [1.807, 2.05) is 18.6 Å². The monoisotopic (exact) mass is 380 g/mol. The lowest BCUT2D eigenvalue weighted by atomic mass is 9.62. The predicted molar refractivity (Wildman–Crippen MR) is 115 cm³/mol. The molecule has 2 aromatic rings. The second kappa shape index (κ2) is 6.89. The lowest BCUT2D eigenvalue weighted by molar-refractivity contribution is 0.213. The normalized spacial score (nSPS) is 26.3. The summed E-state index contributed by atoms with van der Waals surface area (Å²) in [4.78, 5) is 9.54. The minimum Gasteiger partial charge on any atom is -0.261 e. The van der Waals surface area contributed by atoms with Gasteiger partial charge in [0.2, 0.25) is 0 Å². The lowest BCUT2D eigenvalue weighted by Crippen LogP contribution is -2.38.